The van der Waals surface area contributed by atoms with Crippen molar-refractivity contribution in [2.75, 3.05) is 0 Å². The fourth-order valence-corrected chi connectivity index (χ4v) is 5.54. The molecule has 0 aromatic heterocycles. The summed E-state index contributed by atoms with van der Waals surface area (Å²) >= 11 is 0. The van der Waals surface area contributed by atoms with Crippen LogP contribution in [0.4, 0.5) is 26.3 Å². The van der Waals surface area contributed by atoms with Gasteiger partial charge in [-0.15, -0.1) is 0 Å². The molecule has 3 aromatic rings. The summed E-state index contributed by atoms with van der Waals surface area (Å²) in [6.07, 6.45) is -6.78. The van der Waals surface area contributed by atoms with Gasteiger partial charge >= 0.3 is 23.1 Å². The third-order valence-corrected chi connectivity index (χ3v) is 7.75. The largest absolute Gasteiger partial charge is 0.743 e. The van der Waals surface area contributed by atoms with E-state index in [2.05, 4.69) is 4.74 Å². The summed E-state index contributed by atoms with van der Waals surface area (Å²) in [7, 11) is -7.97. The Labute approximate surface area is 198 Å². The van der Waals surface area contributed by atoms with Gasteiger partial charge in [0, 0.05) is 0 Å². The van der Waals surface area contributed by atoms with Gasteiger partial charge in [-0.25, -0.2) is 17.6 Å². The maximum absolute atomic E-state index is 14.4. The van der Waals surface area contributed by atoms with E-state index in [0.29, 0.717) is 4.90 Å². The minimum atomic E-state index is -7.24. The fourth-order valence-electron chi connectivity index (χ4n) is 2.91. The molecule has 0 amide bonds. The average Bonchev–Trinajstić information content (AvgIpc) is 2.79. The molecule has 0 fully saturated rings. The number of carbonyl (C=O) groups is 1. The van der Waals surface area contributed by atoms with Crippen LogP contribution < -0.4 is 4.74 Å². The molecule has 0 aliphatic heterocycles. The highest BCUT2D eigenvalue weighted by molar-refractivity contribution is 7.97. The predicted molar refractivity (Wildman–Crippen MR) is 112 cm³/mol. The molecule has 0 N–H and O–H groups in total. The van der Waals surface area contributed by atoms with E-state index >= 15 is 0 Å². The number of halogens is 6. The van der Waals surface area contributed by atoms with E-state index in [1.54, 1.807) is 36.4 Å². The lowest BCUT2D eigenvalue weighted by Crippen LogP contribution is -2.64. The highest BCUT2D eigenvalue weighted by Gasteiger charge is 2.80. The molecular weight excluding hydrogens is 522 g/mol. The van der Waals surface area contributed by atoms with Gasteiger partial charge in [-0.1, -0.05) is 36.4 Å². The van der Waals surface area contributed by atoms with Crippen molar-refractivity contribution in [2.24, 2.45) is 0 Å². The van der Waals surface area contributed by atoms with Crippen LogP contribution >= 0.6 is 0 Å². The molecule has 35 heavy (non-hydrogen) atoms. The molecule has 1 atom stereocenters. The van der Waals surface area contributed by atoms with Crippen LogP contribution in [0.5, 0.6) is 5.75 Å². The number of ether oxygens (including phenoxy) is 1. The summed E-state index contributed by atoms with van der Waals surface area (Å²) in [6.45, 7) is 0. The summed E-state index contributed by atoms with van der Waals surface area (Å²) in [6, 6.07) is 22.6. The molecule has 0 saturated carbocycles. The van der Waals surface area contributed by atoms with Crippen molar-refractivity contribution in [1.29, 1.82) is 0 Å². The van der Waals surface area contributed by atoms with Crippen molar-refractivity contribution in [3.63, 3.8) is 0 Å². The van der Waals surface area contributed by atoms with Crippen molar-refractivity contribution < 1.29 is 48.8 Å². The molecule has 0 heterocycles. The molecule has 1 unspecified atom stereocenters. The molecule has 0 radical (unpaired) electrons. The van der Waals surface area contributed by atoms with Crippen molar-refractivity contribution in [2.45, 2.75) is 31.8 Å². The second kappa shape index (κ2) is 9.55. The van der Waals surface area contributed by atoms with E-state index in [9.17, 15) is 44.1 Å². The third kappa shape index (κ3) is 5.02. The van der Waals surface area contributed by atoms with Gasteiger partial charge in [0.05, 0.1) is 10.9 Å². The lowest BCUT2D eigenvalue weighted by molar-refractivity contribution is -0.275. The Kier molecular flexibility index (Phi) is 7.25. The number of hydrogen-bond donors (Lipinski definition) is 0. The van der Waals surface area contributed by atoms with Crippen LogP contribution in [0.1, 0.15) is 0 Å². The first kappa shape index (κ1) is 26.6. The molecule has 0 spiro atoms. The van der Waals surface area contributed by atoms with Gasteiger partial charge in [0.15, 0.2) is 24.8 Å². The molecule has 3 rings (SSSR count). The van der Waals surface area contributed by atoms with Crippen molar-refractivity contribution in [3.05, 3.63) is 84.9 Å². The monoisotopic (exact) mass is 536 g/mol. The molecule has 0 bridgehead atoms. The first-order chi connectivity index (χ1) is 16.2. The number of hydrogen-bond acceptors (Lipinski definition) is 5. The summed E-state index contributed by atoms with van der Waals surface area (Å²) < 4.78 is 117. The standard InChI is InChI=1S/C22H14F6O5S2/c23-20(21(24,25)26,22(27,28)35(30,31)32)19(29)33-15-11-13-18(14-12-15)34(16-7-3-1-4-8-16)17-9-5-2-6-10-17/h1-14H. The Hall–Kier alpha value is -3.03. The molecule has 0 saturated heterocycles. The highest BCUT2D eigenvalue weighted by Crippen LogP contribution is 2.48. The number of alkyl halides is 6. The Bertz CT molecular complexity index is 1240. The number of rotatable bonds is 7. The van der Waals surface area contributed by atoms with E-state index in [1.165, 1.54) is 12.1 Å². The van der Waals surface area contributed by atoms with E-state index < -0.39 is 49.8 Å². The smallest absolute Gasteiger partial charge is 0.440 e. The Balaban J connectivity index is 1.96. The third-order valence-electron chi connectivity index (χ3n) is 4.61. The van der Waals surface area contributed by atoms with Crippen LogP contribution in [0.2, 0.25) is 0 Å². The zero-order valence-electron chi connectivity index (χ0n) is 17.2. The van der Waals surface area contributed by atoms with Crippen LogP contribution in [-0.4, -0.2) is 36.0 Å². The quantitative estimate of drug-likeness (QED) is 0.138. The Morgan fingerprint density at radius 3 is 1.49 bits per heavy atom. The SMILES string of the molecule is O=C(Oc1ccc([S+](c2ccccc2)c2ccccc2)cc1)C(F)(C(F)(F)F)C(F)(F)S(=O)(=O)[O-]. The highest BCUT2D eigenvalue weighted by atomic mass is 32.2. The fraction of sp³-hybridized carbons (Fsp3) is 0.136. The Morgan fingerprint density at radius 2 is 1.11 bits per heavy atom. The molecular formula is C22H14F6O5S2. The van der Waals surface area contributed by atoms with E-state index in [0.717, 1.165) is 21.9 Å². The van der Waals surface area contributed by atoms with Gasteiger partial charge in [-0.05, 0) is 48.5 Å². The minimum Gasteiger partial charge on any atom is -0.743 e. The van der Waals surface area contributed by atoms with E-state index in [-0.39, 0.29) is 0 Å². The normalized spacial score (nSPS) is 14.4. The zero-order chi connectivity index (χ0) is 26.1. The van der Waals surface area contributed by atoms with Crippen molar-refractivity contribution >= 4 is 27.0 Å². The molecule has 5 nitrogen and oxygen atoms in total. The first-order valence-electron chi connectivity index (χ1n) is 9.46. The maximum Gasteiger partial charge on any atom is 0.440 e. The first-order valence-corrected chi connectivity index (χ1v) is 12.1. The number of esters is 1. The zero-order valence-corrected chi connectivity index (χ0v) is 18.8. The number of benzene rings is 3. The van der Waals surface area contributed by atoms with Crippen LogP contribution in [0.25, 0.3) is 0 Å². The average molecular weight is 536 g/mol. The van der Waals surface area contributed by atoms with Crippen molar-refractivity contribution in [3.8, 4) is 5.75 Å². The maximum atomic E-state index is 14.4. The van der Waals surface area contributed by atoms with Gasteiger partial charge in [-0.3, -0.25) is 0 Å². The van der Waals surface area contributed by atoms with Crippen LogP contribution in [0.15, 0.2) is 99.6 Å². The predicted octanol–water partition coefficient (Wildman–Crippen LogP) is 5.10. The van der Waals surface area contributed by atoms with Crippen LogP contribution in [0.3, 0.4) is 0 Å². The Morgan fingerprint density at radius 1 is 0.714 bits per heavy atom. The second-order valence-electron chi connectivity index (χ2n) is 6.92. The minimum absolute atomic E-state index is 0.581. The lowest BCUT2D eigenvalue weighted by atomic mass is 10.1. The van der Waals surface area contributed by atoms with Gasteiger partial charge in [-0.2, -0.15) is 22.0 Å². The van der Waals surface area contributed by atoms with Gasteiger partial charge in [0.25, 0.3) is 0 Å². The summed E-state index contributed by atoms with van der Waals surface area (Å²) in [4.78, 5) is 14.1. The summed E-state index contributed by atoms with van der Waals surface area (Å²) in [5.41, 5.74) is -6.43. The molecule has 0 aliphatic rings. The van der Waals surface area contributed by atoms with E-state index in [4.69, 9.17) is 0 Å². The number of carbonyl (C=O) groups excluding carboxylic acids is 1. The molecule has 186 valence electrons. The van der Waals surface area contributed by atoms with Crippen LogP contribution in [-0.2, 0) is 25.8 Å². The second-order valence-corrected chi connectivity index (χ2v) is 10.4. The van der Waals surface area contributed by atoms with E-state index in [1.807, 2.05) is 24.3 Å². The molecule has 3 aromatic carbocycles. The summed E-state index contributed by atoms with van der Waals surface area (Å²) in [5, 5.41) is -6.68. The lowest BCUT2D eigenvalue weighted by Gasteiger charge is -2.33. The van der Waals surface area contributed by atoms with Gasteiger partial charge in [0.1, 0.15) is 5.75 Å². The summed E-state index contributed by atoms with van der Waals surface area (Å²) in [5.74, 6) is -4.08. The van der Waals surface area contributed by atoms with Crippen molar-refractivity contribution in [1.82, 2.24) is 0 Å². The van der Waals surface area contributed by atoms with Gasteiger partial charge in [0.2, 0.25) is 0 Å². The topological polar surface area (TPSA) is 83.5 Å². The molecule has 13 heteroatoms. The van der Waals surface area contributed by atoms with Gasteiger partial charge < -0.3 is 9.29 Å². The van der Waals surface area contributed by atoms with Crippen LogP contribution in [0, 0.1) is 0 Å². The molecule has 0 aliphatic carbocycles.